The van der Waals surface area contributed by atoms with E-state index < -0.39 is 9.05 Å². The molecule has 0 bridgehead atoms. The van der Waals surface area contributed by atoms with Gasteiger partial charge in [0, 0.05) is 23.9 Å². The molecule has 5 heteroatoms. The Morgan fingerprint density at radius 3 is 2.18 bits per heavy atom. The summed E-state index contributed by atoms with van der Waals surface area (Å²) in [6.07, 6.45) is 1.92. The van der Waals surface area contributed by atoms with Crippen molar-refractivity contribution in [1.29, 1.82) is 0 Å². The maximum absolute atomic E-state index is 11.1. The molecule has 0 saturated carbocycles. The lowest BCUT2D eigenvalue weighted by Gasteiger charge is -2.34. The lowest BCUT2D eigenvalue weighted by molar-refractivity contribution is 0.0564. The highest BCUT2D eigenvalue weighted by atomic mass is 35.7. The Bertz CT molecular complexity index is 487. The third kappa shape index (κ3) is 2.81. The van der Waals surface area contributed by atoms with E-state index in [0.29, 0.717) is 0 Å². The van der Waals surface area contributed by atoms with Crippen molar-refractivity contribution < 1.29 is 13.2 Å². The maximum atomic E-state index is 11.1. The molecule has 3 nitrogen and oxygen atoms in total. The lowest BCUT2D eigenvalue weighted by Crippen LogP contribution is -2.30. The van der Waals surface area contributed by atoms with Crippen molar-refractivity contribution in [2.45, 2.75) is 30.1 Å². The third-order valence-electron chi connectivity index (χ3n) is 3.43. The molecule has 0 radical (unpaired) electrons. The molecule has 1 fully saturated rings. The summed E-state index contributed by atoms with van der Waals surface area (Å²) in [5, 5.41) is 0. The molecule has 0 aliphatic carbocycles. The van der Waals surface area contributed by atoms with Gasteiger partial charge in [-0.15, -0.1) is 0 Å². The first-order chi connectivity index (χ1) is 7.92. The van der Waals surface area contributed by atoms with Gasteiger partial charge in [0.15, 0.2) is 0 Å². The van der Waals surface area contributed by atoms with Crippen molar-refractivity contribution in [3.8, 4) is 0 Å². The number of ether oxygens (including phenoxy) is 1. The van der Waals surface area contributed by atoms with Crippen LogP contribution in [0.4, 0.5) is 0 Å². The Balaban J connectivity index is 2.29. The number of hydrogen-bond acceptors (Lipinski definition) is 3. The van der Waals surface area contributed by atoms with E-state index in [1.54, 1.807) is 12.1 Å². The van der Waals surface area contributed by atoms with E-state index in [1.165, 1.54) is 0 Å². The highest BCUT2D eigenvalue weighted by Gasteiger charge is 2.29. The Labute approximate surface area is 106 Å². The fourth-order valence-corrected chi connectivity index (χ4v) is 2.90. The Kier molecular flexibility index (Phi) is 3.48. The smallest absolute Gasteiger partial charge is 0.261 e. The van der Waals surface area contributed by atoms with Gasteiger partial charge in [0.2, 0.25) is 0 Å². The normalized spacial score (nSPS) is 20.1. The van der Waals surface area contributed by atoms with Gasteiger partial charge in [-0.05, 0) is 36.0 Å². The standard InChI is InChI=1S/C12H15ClO3S/c1-12(6-8-16-9-7-12)10-2-4-11(5-3-10)17(13,14)15/h2-5H,6-9H2,1H3. The number of halogens is 1. The van der Waals surface area contributed by atoms with Gasteiger partial charge in [-0.1, -0.05) is 19.1 Å². The molecule has 2 rings (SSSR count). The average molecular weight is 275 g/mol. The molecule has 0 aromatic heterocycles. The van der Waals surface area contributed by atoms with E-state index in [0.717, 1.165) is 31.6 Å². The lowest BCUT2D eigenvalue weighted by atomic mass is 9.76. The first-order valence-electron chi connectivity index (χ1n) is 5.55. The second-order valence-electron chi connectivity index (χ2n) is 4.64. The Morgan fingerprint density at radius 2 is 1.71 bits per heavy atom. The SMILES string of the molecule is CC1(c2ccc(S(=O)(=O)Cl)cc2)CCOCC1. The van der Waals surface area contributed by atoms with Crippen LogP contribution in [0.15, 0.2) is 29.2 Å². The van der Waals surface area contributed by atoms with Crippen LogP contribution in [0.3, 0.4) is 0 Å². The predicted octanol–water partition coefficient (Wildman–Crippen LogP) is 2.68. The summed E-state index contributed by atoms with van der Waals surface area (Å²) in [5.74, 6) is 0. The zero-order valence-electron chi connectivity index (χ0n) is 9.65. The van der Waals surface area contributed by atoms with E-state index in [1.807, 2.05) is 12.1 Å². The van der Waals surface area contributed by atoms with Crippen molar-refractivity contribution in [2.75, 3.05) is 13.2 Å². The molecule has 1 aliphatic heterocycles. The van der Waals surface area contributed by atoms with Crippen molar-refractivity contribution in [3.05, 3.63) is 29.8 Å². The summed E-state index contributed by atoms with van der Waals surface area (Å²) in [4.78, 5) is 0.151. The summed E-state index contributed by atoms with van der Waals surface area (Å²) < 4.78 is 27.6. The molecule has 1 heterocycles. The van der Waals surface area contributed by atoms with E-state index in [4.69, 9.17) is 15.4 Å². The second kappa shape index (κ2) is 4.59. The average Bonchev–Trinajstić information content (AvgIpc) is 2.29. The number of rotatable bonds is 2. The minimum absolute atomic E-state index is 0.0762. The predicted molar refractivity (Wildman–Crippen MR) is 66.9 cm³/mol. The third-order valence-corrected chi connectivity index (χ3v) is 4.80. The molecule has 0 amide bonds. The quantitative estimate of drug-likeness (QED) is 0.779. The largest absolute Gasteiger partial charge is 0.381 e. The Morgan fingerprint density at radius 1 is 1.18 bits per heavy atom. The van der Waals surface area contributed by atoms with Gasteiger partial charge in [-0.25, -0.2) is 8.42 Å². The maximum Gasteiger partial charge on any atom is 0.261 e. The second-order valence-corrected chi connectivity index (χ2v) is 7.20. The molecular formula is C12H15ClO3S. The van der Waals surface area contributed by atoms with E-state index in [2.05, 4.69) is 6.92 Å². The van der Waals surface area contributed by atoms with Crippen LogP contribution in [-0.2, 0) is 19.2 Å². The summed E-state index contributed by atoms with van der Waals surface area (Å²) in [5.41, 5.74) is 1.22. The number of benzene rings is 1. The van der Waals surface area contributed by atoms with Gasteiger partial charge in [0.1, 0.15) is 0 Å². The zero-order chi connectivity index (χ0) is 12.5. The first kappa shape index (κ1) is 12.9. The van der Waals surface area contributed by atoms with Crippen LogP contribution < -0.4 is 0 Å². The van der Waals surface area contributed by atoms with Crippen molar-refractivity contribution in [2.24, 2.45) is 0 Å². The molecule has 0 atom stereocenters. The molecular weight excluding hydrogens is 260 g/mol. The van der Waals surface area contributed by atoms with Crippen molar-refractivity contribution in [3.63, 3.8) is 0 Å². The van der Waals surface area contributed by atoms with Gasteiger partial charge < -0.3 is 4.74 Å². The highest BCUT2D eigenvalue weighted by molar-refractivity contribution is 8.13. The zero-order valence-corrected chi connectivity index (χ0v) is 11.2. The monoisotopic (exact) mass is 274 g/mol. The van der Waals surface area contributed by atoms with Crippen molar-refractivity contribution in [1.82, 2.24) is 0 Å². The van der Waals surface area contributed by atoms with E-state index >= 15 is 0 Å². The molecule has 1 aromatic rings. The summed E-state index contributed by atoms with van der Waals surface area (Å²) >= 11 is 0. The molecule has 1 saturated heterocycles. The minimum Gasteiger partial charge on any atom is -0.381 e. The first-order valence-corrected chi connectivity index (χ1v) is 7.86. The topological polar surface area (TPSA) is 43.4 Å². The number of hydrogen-bond donors (Lipinski definition) is 0. The van der Waals surface area contributed by atoms with E-state index in [-0.39, 0.29) is 10.3 Å². The fourth-order valence-electron chi connectivity index (χ4n) is 2.13. The summed E-state index contributed by atoms with van der Waals surface area (Å²) in [6, 6.07) is 6.83. The summed E-state index contributed by atoms with van der Waals surface area (Å²) in [7, 11) is 1.66. The van der Waals surface area contributed by atoms with E-state index in [9.17, 15) is 8.42 Å². The molecule has 17 heavy (non-hydrogen) atoms. The van der Waals surface area contributed by atoms with Crippen LogP contribution in [-0.4, -0.2) is 21.6 Å². The van der Waals surface area contributed by atoms with Crippen LogP contribution >= 0.6 is 10.7 Å². The Hall–Kier alpha value is -0.580. The van der Waals surface area contributed by atoms with Crippen LogP contribution in [0.1, 0.15) is 25.3 Å². The van der Waals surface area contributed by atoms with Gasteiger partial charge in [-0.3, -0.25) is 0 Å². The van der Waals surface area contributed by atoms with Gasteiger partial charge in [0.25, 0.3) is 9.05 Å². The molecule has 0 N–H and O–H groups in total. The van der Waals surface area contributed by atoms with Crippen molar-refractivity contribution >= 4 is 19.7 Å². The molecule has 0 unspecified atom stereocenters. The molecule has 0 spiro atoms. The molecule has 1 aromatic carbocycles. The summed E-state index contributed by atoms with van der Waals surface area (Å²) in [6.45, 7) is 3.69. The van der Waals surface area contributed by atoms with Gasteiger partial charge in [0.05, 0.1) is 4.90 Å². The van der Waals surface area contributed by atoms with Crippen LogP contribution in [0.25, 0.3) is 0 Å². The van der Waals surface area contributed by atoms with Crippen LogP contribution in [0.2, 0.25) is 0 Å². The fraction of sp³-hybridized carbons (Fsp3) is 0.500. The molecule has 94 valence electrons. The van der Waals surface area contributed by atoms with Crippen LogP contribution in [0, 0.1) is 0 Å². The van der Waals surface area contributed by atoms with Gasteiger partial charge >= 0.3 is 0 Å². The minimum atomic E-state index is -3.62. The molecule has 1 aliphatic rings. The van der Waals surface area contributed by atoms with Gasteiger partial charge in [-0.2, -0.15) is 0 Å². The van der Waals surface area contributed by atoms with Crippen LogP contribution in [0.5, 0.6) is 0 Å². The highest BCUT2D eigenvalue weighted by Crippen LogP contribution is 2.34.